The zero-order chi connectivity index (χ0) is 15.4. The molecule has 0 aliphatic heterocycles. The monoisotopic (exact) mass is 353 g/mol. The molecule has 0 saturated carbocycles. The molecule has 1 heterocycles. The molecule has 4 nitrogen and oxygen atoms in total. The average Bonchev–Trinajstić information content (AvgIpc) is 2.80. The predicted molar refractivity (Wildman–Crippen MR) is 86.5 cm³/mol. The highest BCUT2D eigenvalue weighted by molar-refractivity contribution is 9.10. The van der Waals surface area contributed by atoms with Gasteiger partial charge in [0, 0.05) is 28.6 Å². The summed E-state index contributed by atoms with van der Waals surface area (Å²) in [6.45, 7) is 4.64. The van der Waals surface area contributed by atoms with Crippen LogP contribution in [0.2, 0.25) is 0 Å². The van der Waals surface area contributed by atoms with E-state index in [0.717, 1.165) is 21.8 Å². The highest BCUT2D eigenvalue weighted by atomic mass is 79.9. The molecular formula is C16H20BrNO3. The lowest BCUT2D eigenvalue weighted by atomic mass is 10.0. The number of aliphatic hydroxyl groups is 1. The number of amides is 1. The summed E-state index contributed by atoms with van der Waals surface area (Å²) in [7, 11) is 0. The first-order valence-corrected chi connectivity index (χ1v) is 7.93. The molecule has 0 fully saturated rings. The third-order valence-corrected chi connectivity index (χ3v) is 4.26. The van der Waals surface area contributed by atoms with Crippen LogP contribution in [0.3, 0.4) is 0 Å². The average molecular weight is 354 g/mol. The fourth-order valence-corrected chi connectivity index (χ4v) is 2.72. The molecule has 1 aromatic heterocycles. The van der Waals surface area contributed by atoms with E-state index in [9.17, 15) is 4.79 Å². The molecule has 1 atom stereocenters. The van der Waals surface area contributed by atoms with Crippen molar-refractivity contribution in [3.63, 3.8) is 0 Å². The third kappa shape index (κ3) is 3.66. The lowest BCUT2D eigenvalue weighted by Crippen LogP contribution is -2.29. The van der Waals surface area contributed by atoms with Gasteiger partial charge in [0.2, 0.25) is 0 Å². The standard InChI is InChI=1S/C16H20BrNO3/c1-3-11(6-7-19)9-18-16(20)15-10(2)13-8-12(17)4-5-14(13)21-15/h4-5,8,11,19H,3,6-7,9H2,1-2H3,(H,18,20). The smallest absolute Gasteiger partial charge is 0.287 e. The maximum absolute atomic E-state index is 12.3. The molecule has 1 unspecified atom stereocenters. The van der Waals surface area contributed by atoms with Crippen LogP contribution in [0.25, 0.3) is 11.0 Å². The molecule has 5 heteroatoms. The van der Waals surface area contributed by atoms with Crippen molar-refractivity contribution < 1.29 is 14.3 Å². The number of carbonyl (C=O) groups is 1. The Hall–Kier alpha value is -1.33. The molecule has 0 bridgehead atoms. The molecule has 0 saturated heterocycles. The van der Waals surface area contributed by atoms with Crippen LogP contribution in [0.4, 0.5) is 0 Å². The Balaban J connectivity index is 2.14. The normalized spacial score (nSPS) is 12.6. The van der Waals surface area contributed by atoms with Gasteiger partial charge in [-0.2, -0.15) is 0 Å². The zero-order valence-corrected chi connectivity index (χ0v) is 13.9. The first kappa shape index (κ1) is 16.0. The molecule has 1 amide bonds. The van der Waals surface area contributed by atoms with Crippen LogP contribution in [-0.2, 0) is 0 Å². The number of aliphatic hydroxyl groups excluding tert-OH is 1. The predicted octanol–water partition coefficient (Wildman–Crippen LogP) is 3.64. The van der Waals surface area contributed by atoms with Crippen LogP contribution in [0.5, 0.6) is 0 Å². The van der Waals surface area contributed by atoms with Crippen molar-refractivity contribution in [2.75, 3.05) is 13.2 Å². The van der Waals surface area contributed by atoms with Gasteiger partial charge in [-0.05, 0) is 37.5 Å². The second-order valence-electron chi connectivity index (χ2n) is 5.19. The molecule has 0 spiro atoms. The van der Waals surface area contributed by atoms with E-state index < -0.39 is 0 Å². The number of benzene rings is 1. The van der Waals surface area contributed by atoms with Crippen molar-refractivity contribution in [2.24, 2.45) is 5.92 Å². The van der Waals surface area contributed by atoms with E-state index in [0.29, 0.717) is 24.3 Å². The van der Waals surface area contributed by atoms with Crippen LogP contribution in [0, 0.1) is 12.8 Å². The zero-order valence-electron chi connectivity index (χ0n) is 12.3. The van der Waals surface area contributed by atoms with E-state index in [4.69, 9.17) is 9.52 Å². The summed E-state index contributed by atoms with van der Waals surface area (Å²) in [6, 6.07) is 5.69. The van der Waals surface area contributed by atoms with Crippen molar-refractivity contribution in [3.05, 3.63) is 34.0 Å². The fraction of sp³-hybridized carbons (Fsp3) is 0.438. The molecule has 2 aromatic rings. The maximum Gasteiger partial charge on any atom is 0.287 e. The summed E-state index contributed by atoms with van der Waals surface area (Å²) in [5.41, 5.74) is 1.56. The van der Waals surface area contributed by atoms with Crippen molar-refractivity contribution in [1.82, 2.24) is 5.32 Å². The Labute approximate surface area is 132 Å². The largest absolute Gasteiger partial charge is 0.451 e. The molecule has 0 radical (unpaired) electrons. The molecule has 2 rings (SSSR count). The maximum atomic E-state index is 12.3. The molecule has 0 aliphatic carbocycles. The molecule has 2 N–H and O–H groups in total. The van der Waals surface area contributed by atoms with Crippen LogP contribution in [0.15, 0.2) is 27.1 Å². The topological polar surface area (TPSA) is 62.5 Å². The number of carbonyl (C=O) groups excluding carboxylic acids is 1. The number of rotatable bonds is 6. The van der Waals surface area contributed by atoms with Gasteiger partial charge in [0.1, 0.15) is 5.58 Å². The minimum Gasteiger partial charge on any atom is -0.451 e. The van der Waals surface area contributed by atoms with Crippen LogP contribution in [0.1, 0.15) is 35.9 Å². The Bertz CT molecular complexity index is 636. The summed E-state index contributed by atoms with van der Waals surface area (Å²) in [6.07, 6.45) is 1.62. The summed E-state index contributed by atoms with van der Waals surface area (Å²) < 4.78 is 6.62. The molecule has 0 aliphatic rings. The van der Waals surface area contributed by atoms with Crippen LogP contribution >= 0.6 is 15.9 Å². The Morgan fingerprint density at radius 1 is 1.48 bits per heavy atom. The first-order chi connectivity index (χ1) is 10.1. The Morgan fingerprint density at radius 3 is 2.90 bits per heavy atom. The number of halogens is 1. The highest BCUT2D eigenvalue weighted by Crippen LogP contribution is 2.28. The molecule has 114 valence electrons. The summed E-state index contributed by atoms with van der Waals surface area (Å²) in [5.74, 6) is 0.455. The van der Waals surface area contributed by atoms with Crippen molar-refractivity contribution in [3.8, 4) is 0 Å². The van der Waals surface area contributed by atoms with Crippen molar-refractivity contribution in [1.29, 1.82) is 0 Å². The van der Waals surface area contributed by atoms with Gasteiger partial charge in [-0.25, -0.2) is 0 Å². The van der Waals surface area contributed by atoms with E-state index in [1.165, 1.54) is 0 Å². The van der Waals surface area contributed by atoms with E-state index in [1.807, 2.05) is 25.1 Å². The minimum absolute atomic E-state index is 0.145. The lowest BCUT2D eigenvalue weighted by Gasteiger charge is -2.13. The number of aryl methyl sites for hydroxylation is 1. The fourth-order valence-electron chi connectivity index (χ4n) is 2.36. The van der Waals surface area contributed by atoms with Crippen LogP contribution < -0.4 is 5.32 Å². The van der Waals surface area contributed by atoms with Crippen molar-refractivity contribution >= 4 is 32.8 Å². The molecule has 1 aromatic carbocycles. The van der Waals surface area contributed by atoms with Gasteiger partial charge >= 0.3 is 0 Å². The van der Waals surface area contributed by atoms with Gasteiger partial charge < -0.3 is 14.8 Å². The van der Waals surface area contributed by atoms with Gasteiger partial charge in [-0.15, -0.1) is 0 Å². The third-order valence-electron chi connectivity index (χ3n) is 3.77. The number of fused-ring (bicyclic) bond motifs is 1. The first-order valence-electron chi connectivity index (χ1n) is 7.14. The SMILES string of the molecule is CCC(CCO)CNC(=O)c1oc2ccc(Br)cc2c1C. The second kappa shape index (κ2) is 7.09. The van der Waals surface area contributed by atoms with Crippen LogP contribution in [-0.4, -0.2) is 24.2 Å². The quantitative estimate of drug-likeness (QED) is 0.833. The van der Waals surface area contributed by atoms with Gasteiger partial charge in [0.15, 0.2) is 5.76 Å². The minimum atomic E-state index is -0.198. The molecule has 21 heavy (non-hydrogen) atoms. The summed E-state index contributed by atoms with van der Waals surface area (Å²) >= 11 is 3.42. The van der Waals surface area contributed by atoms with E-state index >= 15 is 0 Å². The van der Waals surface area contributed by atoms with Crippen molar-refractivity contribution in [2.45, 2.75) is 26.7 Å². The number of furan rings is 1. The van der Waals surface area contributed by atoms with Gasteiger partial charge in [0.25, 0.3) is 5.91 Å². The van der Waals surface area contributed by atoms with Gasteiger partial charge in [-0.1, -0.05) is 29.3 Å². The van der Waals surface area contributed by atoms with E-state index in [1.54, 1.807) is 0 Å². The highest BCUT2D eigenvalue weighted by Gasteiger charge is 2.18. The Morgan fingerprint density at radius 2 is 2.24 bits per heavy atom. The number of nitrogens with one attached hydrogen (secondary N) is 1. The molecular weight excluding hydrogens is 334 g/mol. The number of hydrogen-bond acceptors (Lipinski definition) is 3. The van der Waals surface area contributed by atoms with Gasteiger partial charge in [-0.3, -0.25) is 4.79 Å². The summed E-state index contributed by atoms with van der Waals surface area (Å²) in [5, 5.41) is 12.8. The second-order valence-corrected chi connectivity index (χ2v) is 6.11. The summed E-state index contributed by atoms with van der Waals surface area (Å²) in [4.78, 5) is 12.3. The van der Waals surface area contributed by atoms with E-state index in [-0.39, 0.29) is 18.4 Å². The lowest BCUT2D eigenvalue weighted by molar-refractivity contribution is 0.0917. The number of hydrogen-bond donors (Lipinski definition) is 2. The Kier molecular flexibility index (Phi) is 5.42. The van der Waals surface area contributed by atoms with E-state index in [2.05, 4.69) is 28.2 Å². The van der Waals surface area contributed by atoms with Gasteiger partial charge in [0.05, 0.1) is 0 Å².